The van der Waals surface area contributed by atoms with Crippen LogP contribution in [-0.2, 0) is 16.1 Å². The molecule has 1 aliphatic rings. The van der Waals surface area contributed by atoms with Gasteiger partial charge < -0.3 is 10.1 Å². The van der Waals surface area contributed by atoms with Crippen molar-refractivity contribution in [2.45, 2.75) is 20.5 Å². The average molecular weight is 316 g/mol. The molecule has 2 amide bonds. The van der Waals surface area contributed by atoms with Crippen molar-refractivity contribution in [3.05, 3.63) is 35.9 Å². The van der Waals surface area contributed by atoms with Gasteiger partial charge in [0.2, 0.25) is 0 Å². The van der Waals surface area contributed by atoms with E-state index in [0.717, 1.165) is 5.56 Å². The Labute approximate surface area is 134 Å². The van der Waals surface area contributed by atoms with E-state index in [0.29, 0.717) is 18.8 Å². The minimum absolute atomic E-state index is 0.153. The third-order valence-corrected chi connectivity index (χ3v) is 3.26. The molecule has 1 atom stereocenters. The molecule has 0 saturated heterocycles. The number of ether oxygens (including phenoxy) is 1. The molecule has 1 heterocycles. The summed E-state index contributed by atoms with van der Waals surface area (Å²) in [5, 5.41) is 6.64. The predicted octanol–water partition coefficient (Wildman–Crippen LogP) is 1.50. The fraction of sp³-hybridized carbons (Fsp3) is 0.375. The molecule has 23 heavy (non-hydrogen) atoms. The molecule has 7 heteroatoms. The summed E-state index contributed by atoms with van der Waals surface area (Å²) in [5.41, 5.74) is 3.72. The first kappa shape index (κ1) is 16.7. The van der Waals surface area contributed by atoms with Gasteiger partial charge in [-0.1, -0.05) is 37.3 Å². The smallest absolute Gasteiger partial charge is 0.428 e. The number of carbonyl (C=O) groups is 2. The highest BCUT2D eigenvalue weighted by Crippen LogP contribution is 2.01. The summed E-state index contributed by atoms with van der Waals surface area (Å²) in [6, 6.07) is 9.32. The van der Waals surface area contributed by atoms with Crippen molar-refractivity contribution in [3.63, 3.8) is 0 Å². The lowest BCUT2D eigenvalue weighted by Gasteiger charge is -2.06. The second-order valence-electron chi connectivity index (χ2n) is 5.38. The number of aliphatic imine (C=N–C) groups is 1. The molecule has 7 nitrogen and oxygen atoms in total. The van der Waals surface area contributed by atoms with Crippen molar-refractivity contribution in [2.24, 2.45) is 16.0 Å². The molecular formula is C16H20N4O3. The highest BCUT2D eigenvalue weighted by atomic mass is 16.6. The zero-order chi connectivity index (χ0) is 16.7. The summed E-state index contributed by atoms with van der Waals surface area (Å²) in [5.74, 6) is -0.0110. The standard InChI is InChI=1S/C16H20N4O3/c1-11-8-17-14(15(21)18-9-11)12(2)19-20-16(22)23-10-13-6-4-3-5-7-13/h3-7,11H,8-10H2,1-2H3,(H,18,21)(H,20,22)/b19-12-. The fourth-order valence-electron chi connectivity index (χ4n) is 1.95. The van der Waals surface area contributed by atoms with Crippen LogP contribution in [0, 0.1) is 5.92 Å². The van der Waals surface area contributed by atoms with Crippen LogP contribution < -0.4 is 10.7 Å². The van der Waals surface area contributed by atoms with Crippen LogP contribution in [0.25, 0.3) is 0 Å². The van der Waals surface area contributed by atoms with Crippen LogP contribution in [-0.4, -0.2) is 36.5 Å². The Morgan fingerprint density at radius 2 is 2.17 bits per heavy atom. The van der Waals surface area contributed by atoms with E-state index in [1.165, 1.54) is 0 Å². The second kappa shape index (κ2) is 8.07. The van der Waals surface area contributed by atoms with E-state index in [9.17, 15) is 9.59 Å². The van der Waals surface area contributed by atoms with Crippen molar-refractivity contribution in [1.82, 2.24) is 10.7 Å². The molecule has 0 bridgehead atoms. The molecule has 0 aromatic heterocycles. The largest absolute Gasteiger partial charge is 0.443 e. The molecule has 0 fully saturated rings. The molecule has 0 saturated carbocycles. The molecule has 1 aliphatic heterocycles. The Bertz CT molecular complexity index is 625. The summed E-state index contributed by atoms with van der Waals surface area (Å²) in [7, 11) is 0. The van der Waals surface area contributed by atoms with Gasteiger partial charge in [0.25, 0.3) is 5.91 Å². The van der Waals surface area contributed by atoms with Crippen LogP contribution in [0.3, 0.4) is 0 Å². The molecule has 2 rings (SSSR count). The highest BCUT2D eigenvalue weighted by molar-refractivity contribution is 6.66. The lowest BCUT2D eigenvalue weighted by atomic mass is 10.2. The molecule has 1 unspecified atom stereocenters. The van der Waals surface area contributed by atoms with Crippen LogP contribution in [0.15, 0.2) is 40.4 Å². The van der Waals surface area contributed by atoms with Gasteiger partial charge >= 0.3 is 6.09 Å². The first-order valence-corrected chi connectivity index (χ1v) is 7.40. The van der Waals surface area contributed by atoms with E-state index >= 15 is 0 Å². The SMILES string of the molecule is C/C(=N/NC(=O)OCc1ccccc1)C1=NCC(C)CNC1=O. The topological polar surface area (TPSA) is 92.2 Å². The number of benzene rings is 1. The van der Waals surface area contributed by atoms with Gasteiger partial charge in [-0.25, -0.2) is 10.2 Å². The first-order chi connectivity index (χ1) is 11.1. The van der Waals surface area contributed by atoms with E-state index in [1.807, 2.05) is 37.3 Å². The summed E-state index contributed by atoms with van der Waals surface area (Å²) in [6.07, 6.45) is -0.684. The molecule has 0 spiro atoms. The Kier molecular flexibility index (Phi) is 5.85. The maximum absolute atomic E-state index is 11.9. The molecule has 0 radical (unpaired) electrons. The molecule has 2 N–H and O–H groups in total. The molecule has 122 valence electrons. The Balaban J connectivity index is 1.88. The van der Waals surface area contributed by atoms with Gasteiger partial charge in [0, 0.05) is 13.1 Å². The molecule has 1 aromatic rings. The van der Waals surface area contributed by atoms with Gasteiger partial charge in [0.1, 0.15) is 12.3 Å². The molecule has 1 aromatic carbocycles. The lowest BCUT2D eigenvalue weighted by Crippen LogP contribution is -2.36. The van der Waals surface area contributed by atoms with Crippen molar-refractivity contribution >= 4 is 23.4 Å². The number of rotatable bonds is 4. The summed E-state index contributed by atoms with van der Waals surface area (Å²) in [4.78, 5) is 27.8. The Morgan fingerprint density at radius 3 is 2.91 bits per heavy atom. The lowest BCUT2D eigenvalue weighted by molar-refractivity contribution is -0.114. The van der Waals surface area contributed by atoms with Gasteiger partial charge in [0.05, 0.1) is 5.71 Å². The minimum Gasteiger partial charge on any atom is -0.443 e. The minimum atomic E-state index is -0.684. The second-order valence-corrected chi connectivity index (χ2v) is 5.38. The van der Waals surface area contributed by atoms with Crippen LogP contribution in [0.5, 0.6) is 0 Å². The fourth-order valence-corrected chi connectivity index (χ4v) is 1.95. The van der Waals surface area contributed by atoms with Crippen molar-refractivity contribution < 1.29 is 14.3 Å². The maximum Gasteiger partial charge on any atom is 0.428 e. The monoisotopic (exact) mass is 316 g/mol. The average Bonchev–Trinajstić information content (AvgIpc) is 2.73. The summed E-state index contributed by atoms with van der Waals surface area (Å²) >= 11 is 0. The predicted molar refractivity (Wildman–Crippen MR) is 87.3 cm³/mol. The first-order valence-electron chi connectivity index (χ1n) is 7.40. The van der Waals surface area contributed by atoms with Crippen molar-refractivity contribution in [1.29, 1.82) is 0 Å². The molecular weight excluding hydrogens is 296 g/mol. The zero-order valence-corrected chi connectivity index (χ0v) is 13.2. The number of nitrogens with one attached hydrogen (secondary N) is 2. The van der Waals surface area contributed by atoms with Crippen molar-refractivity contribution in [2.75, 3.05) is 13.1 Å². The van der Waals surface area contributed by atoms with Gasteiger partial charge in [0.15, 0.2) is 0 Å². The van der Waals surface area contributed by atoms with E-state index in [4.69, 9.17) is 4.74 Å². The number of hydrogen-bond donors (Lipinski definition) is 2. The van der Waals surface area contributed by atoms with Crippen LogP contribution in [0.4, 0.5) is 4.79 Å². The summed E-state index contributed by atoms with van der Waals surface area (Å²) < 4.78 is 5.04. The normalized spacial score (nSPS) is 18.5. The van der Waals surface area contributed by atoms with Gasteiger partial charge in [-0.3, -0.25) is 9.79 Å². The van der Waals surface area contributed by atoms with Gasteiger partial charge in [-0.15, -0.1) is 0 Å². The van der Waals surface area contributed by atoms with Crippen LogP contribution in [0.1, 0.15) is 19.4 Å². The van der Waals surface area contributed by atoms with Gasteiger partial charge in [-0.2, -0.15) is 5.10 Å². The van der Waals surface area contributed by atoms with E-state index in [-0.39, 0.29) is 24.1 Å². The van der Waals surface area contributed by atoms with Gasteiger partial charge in [-0.05, 0) is 18.4 Å². The maximum atomic E-state index is 11.9. The summed E-state index contributed by atoms with van der Waals surface area (Å²) in [6.45, 7) is 4.88. The van der Waals surface area contributed by atoms with E-state index in [2.05, 4.69) is 20.8 Å². The third kappa shape index (κ3) is 5.21. The molecule has 0 aliphatic carbocycles. The Hall–Kier alpha value is -2.70. The van der Waals surface area contributed by atoms with E-state index < -0.39 is 6.09 Å². The van der Waals surface area contributed by atoms with Crippen LogP contribution >= 0.6 is 0 Å². The highest BCUT2D eigenvalue weighted by Gasteiger charge is 2.19. The quantitative estimate of drug-likeness (QED) is 0.651. The zero-order valence-electron chi connectivity index (χ0n) is 13.2. The third-order valence-electron chi connectivity index (χ3n) is 3.26. The number of hydrazone groups is 1. The van der Waals surface area contributed by atoms with E-state index in [1.54, 1.807) is 6.92 Å². The number of carbonyl (C=O) groups excluding carboxylic acids is 2. The number of nitrogens with zero attached hydrogens (tertiary/aromatic N) is 2. The number of amides is 2. The number of hydrogen-bond acceptors (Lipinski definition) is 5. The Morgan fingerprint density at radius 1 is 1.43 bits per heavy atom. The van der Waals surface area contributed by atoms with Crippen molar-refractivity contribution in [3.8, 4) is 0 Å². The van der Waals surface area contributed by atoms with Crippen LogP contribution in [0.2, 0.25) is 0 Å².